The molecule has 34 heavy (non-hydrogen) atoms. The summed E-state index contributed by atoms with van der Waals surface area (Å²) in [6.07, 6.45) is -0.325. The molecule has 0 unspecified atom stereocenters. The largest absolute Gasteiger partial charge is 1.00 e. The van der Waals surface area contributed by atoms with Crippen molar-refractivity contribution < 1.29 is 102 Å². The molecule has 0 aliphatic heterocycles. The third kappa shape index (κ3) is 9.24. The van der Waals surface area contributed by atoms with E-state index in [9.17, 15) is 42.8 Å². The van der Waals surface area contributed by atoms with E-state index in [0.717, 1.165) is 24.3 Å². The molecule has 0 heterocycles. The molecular formula is C16H14Cl2Na2O10S4. The third-order valence-electron chi connectivity index (χ3n) is 4.14. The van der Waals surface area contributed by atoms with Crippen LogP contribution in [0.3, 0.4) is 0 Å². The first-order valence-electron chi connectivity index (χ1n) is 8.41. The molecule has 18 heteroatoms. The Balaban J connectivity index is 0.00000544. The van der Waals surface area contributed by atoms with Gasteiger partial charge in [-0.05, 0) is 49.2 Å². The zero-order valence-corrected chi connectivity index (χ0v) is 26.5. The molecule has 0 spiro atoms. The van der Waals surface area contributed by atoms with Crippen LogP contribution in [0.15, 0.2) is 56.0 Å². The van der Waals surface area contributed by atoms with Gasteiger partial charge in [-0.3, -0.25) is 0 Å². The van der Waals surface area contributed by atoms with Crippen molar-refractivity contribution in [3.63, 3.8) is 0 Å². The minimum absolute atomic E-state index is 0. The van der Waals surface area contributed by atoms with Crippen LogP contribution in [0.1, 0.15) is 12.8 Å². The van der Waals surface area contributed by atoms with Crippen molar-refractivity contribution in [1.29, 1.82) is 0 Å². The van der Waals surface area contributed by atoms with E-state index in [1.165, 1.54) is 0 Å². The predicted molar refractivity (Wildman–Crippen MR) is 112 cm³/mol. The maximum absolute atomic E-state index is 12.4. The monoisotopic (exact) mass is 610 g/mol. The fraction of sp³-hybridized carbons (Fsp3) is 0.250. The zero-order valence-electron chi connectivity index (χ0n) is 17.8. The summed E-state index contributed by atoms with van der Waals surface area (Å²) in [6, 6.07) is 5.20. The molecule has 2 rings (SSSR count). The van der Waals surface area contributed by atoms with Gasteiger partial charge in [0.05, 0.1) is 41.1 Å². The molecule has 0 saturated heterocycles. The summed E-state index contributed by atoms with van der Waals surface area (Å²) < 4.78 is 117. The van der Waals surface area contributed by atoms with Gasteiger partial charge < -0.3 is 9.11 Å². The van der Waals surface area contributed by atoms with E-state index in [-0.39, 0.29) is 72.0 Å². The first kappa shape index (κ1) is 34.7. The average Bonchev–Trinajstić information content (AvgIpc) is 2.63. The molecule has 0 radical (unpaired) electrons. The maximum Gasteiger partial charge on any atom is 1.00 e. The molecular weight excluding hydrogens is 597 g/mol. The van der Waals surface area contributed by atoms with Gasteiger partial charge in [-0.1, -0.05) is 23.2 Å². The Morgan fingerprint density at radius 1 is 0.588 bits per heavy atom. The SMILES string of the molecule is O=S(=O)([O-])c1cc(S(=O)(=O)CCCCS(=O)(=O)c2ccc(Cl)c(S(=O)(=O)[O-])c2)ccc1Cl.[Na+].[Na+]. The fourth-order valence-electron chi connectivity index (χ4n) is 2.56. The fourth-order valence-corrected chi connectivity index (χ4v) is 7.45. The summed E-state index contributed by atoms with van der Waals surface area (Å²) in [5.74, 6) is -1.13. The van der Waals surface area contributed by atoms with Gasteiger partial charge in [0.25, 0.3) is 0 Å². The molecule has 0 aliphatic rings. The Morgan fingerprint density at radius 2 is 0.882 bits per heavy atom. The molecule has 178 valence electrons. The second-order valence-corrected chi connectivity index (χ2v) is 14.2. The Labute approximate surface area is 252 Å². The van der Waals surface area contributed by atoms with Gasteiger partial charge in [0.15, 0.2) is 19.7 Å². The summed E-state index contributed by atoms with van der Waals surface area (Å²) in [6.45, 7) is 0. The number of benzene rings is 2. The minimum atomic E-state index is -5.01. The van der Waals surface area contributed by atoms with Crippen LogP contribution >= 0.6 is 23.2 Å². The Kier molecular flexibility index (Phi) is 13.3. The van der Waals surface area contributed by atoms with Gasteiger partial charge in [-0.2, -0.15) is 0 Å². The summed E-state index contributed by atoms with van der Waals surface area (Å²) in [5, 5.41) is -0.875. The van der Waals surface area contributed by atoms with E-state index < -0.39 is 81.0 Å². The van der Waals surface area contributed by atoms with Crippen molar-refractivity contribution in [2.75, 3.05) is 11.5 Å². The summed E-state index contributed by atoms with van der Waals surface area (Å²) in [7, 11) is -18.2. The molecule has 0 amide bonds. The van der Waals surface area contributed by atoms with Crippen molar-refractivity contribution in [2.24, 2.45) is 0 Å². The number of hydrogen-bond acceptors (Lipinski definition) is 10. The molecule has 0 aliphatic carbocycles. The molecule has 0 N–H and O–H groups in total. The molecule has 2 aromatic rings. The summed E-state index contributed by atoms with van der Waals surface area (Å²) >= 11 is 11.2. The van der Waals surface area contributed by atoms with Gasteiger partial charge in [-0.25, -0.2) is 33.7 Å². The van der Waals surface area contributed by atoms with Gasteiger partial charge in [0, 0.05) is 0 Å². The molecule has 0 aromatic heterocycles. The van der Waals surface area contributed by atoms with Crippen LogP contribution in [0.2, 0.25) is 10.0 Å². The van der Waals surface area contributed by atoms with Gasteiger partial charge in [0.2, 0.25) is 0 Å². The molecule has 0 atom stereocenters. The number of rotatable bonds is 9. The number of halogens is 2. The van der Waals surface area contributed by atoms with Crippen molar-refractivity contribution in [1.82, 2.24) is 0 Å². The van der Waals surface area contributed by atoms with Gasteiger partial charge >= 0.3 is 59.1 Å². The molecule has 0 bridgehead atoms. The molecule has 0 fully saturated rings. The van der Waals surface area contributed by atoms with Crippen LogP contribution in [-0.4, -0.2) is 54.3 Å². The van der Waals surface area contributed by atoms with Crippen LogP contribution < -0.4 is 59.1 Å². The smallest absolute Gasteiger partial charge is 0.744 e. The van der Waals surface area contributed by atoms with Crippen LogP contribution in [-0.2, 0) is 39.9 Å². The van der Waals surface area contributed by atoms with E-state index in [4.69, 9.17) is 23.2 Å². The standard InChI is InChI=1S/C16H16Cl2O10S4.2Na/c17-13-5-3-11(9-15(13)31(23,24)25)29(19,20)7-1-2-8-30(21,22)12-4-6-14(18)16(10-12)32(26,27)28;;/h3-6,9-10H,1-2,7-8H2,(H,23,24,25)(H,26,27,28);;/q;2*+1/p-2. The first-order valence-corrected chi connectivity index (χ1v) is 15.3. The zero-order chi connectivity index (χ0) is 24.5. The molecule has 10 nitrogen and oxygen atoms in total. The summed E-state index contributed by atoms with van der Waals surface area (Å²) in [4.78, 5) is -2.73. The average molecular weight is 611 g/mol. The first-order chi connectivity index (χ1) is 14.4. The Morgan fingerprint density at radius 3 is 1.15 bits per heavy atom. The van der Waals surface area contributed by atoms with Crippen LogP contribution in [0.5, 0.6) is 0 Å². The maximum atomic E-state index is 12.4. The van der Waals surface area contributed by atoms with Crippen LogP contribution in [0, 0.1) is 0 Å². The Bertz CT molecular complexity index is 1360. The van der Waals surface area contributed by atoms with E-state index in [1.807, 2.05) is 0 Å². The van der Waals surface area contributed by atoms with E-state index >= 15 is 0 Å². The van der Waals surface area contributed by atoms with Gasteiger partial charge in [-0.15, -0.1) is 0 Å². The summed E-state index contributed by atoms with van der Waals surface area (Å²) in [5.41, 5.74) is 0. The van der Waals surface area contributed by atoms with E-state index in [1.54, 1.807) is 0 Å². The van der Waals surface area contributed by atoms with Crippen LogP contribution in [0.4, 0.5) is 0 Å². The van der Waals surface area contributed by atoms with Crippen molar-refractivity contribution >= 4 is 63.1 Å². The van der Waals surface area contributed by atoms with E-state index in [2.05, 4.69) is 0 Å². The van der Waals surface area contributed by atoms with Crippen LogP contribution in [0.25, 0.3) is 0 Å². The second-order valence-electron chi connectivity index (χ2n) is 6.44. The second kappa shape index (κ2) is 13.0. The Hall–Kier alpha value is 0.740. The quantitative estimate of drug-likeness (QED) is 0.153. The normalized spacial score (nSPS) is 12.5. The molecule has 2 aromatic carbocycles. The topological polar surface area (TPSA) is 183 Å². The van der Waals surface area contributed by atoms with Crippen molar-refractivity contribution in [3.8, 4) is 0 Å². The predicted octanol–water partition coefficient (Wildman–Crippen LogP) is -4.16. The third-order valence-corrected chi connectivity index (χ3v) is 10.4. The molecule has 0 saturated carbocycles. The number of unbranched alkanes of at least 4 members (excludes halogenated alkanes) is 1. The number of sulfone groups is 2. The van der Waals surface area contributed by atoms with E-state index in [0.29, 0.717) is 12.1 Å². The van der Waals surface area contributed by atoms with Crippen molar-refractivity contribution in [2.45, 2.75) is 32.4 Å². The minimum Gasteiger partial charge on any atom is -0.744 e. The number of hydrogen-bond donors (Lipinski definition) is 0. The van der Waals surface area contributed by atoms with Crippen molar-refractivity contribution in [3.05, 3.63) is 46.4 Å². The van der Waals surface area contributed by atoms with Gasteiger partial charge in [0.1, 0.15) is 20.2 Å².